The van der Waals surface area contributed by atoms with E-state index in [1.54, 1.807) is 43.4 Å². The number of anilines is 2. The molecule has 2 aromatic rings. The molecule has 0 aliphatic carbocycles. The quantitative estimate of drug-likeness (QED) is 0.923. The van der Waals surface area contributed by atoms with Gasteiger partial charge in [0, 0.05) is 18.3 Å². The van der Waals surface area contributed by atoms with Gasteiger partial charge in [-0.3, -0.25) is 9.59 Å². The lowest BCUT2D eigenvalue weighted by Gasteiger charge is -2.26. The van der Waals surface area contributed by atoms with Gasteiger partial charge in [-0.2, -0.15) is 0 Å². The Morgan fingerprint density at radius 1 is 1.12 bits per heavy atom. The fourth-order valence-electron chi connectivity index (χ4n) is 2.53. The molecule has 3 rings (SSSR count). The van der Waals surface area contributed by atoms with Crippen molar-refractivity contribution >= 4 is 23.2 Å². The SMILES string of the molecule is COc1ccc(C(=O)Nc2ccc3c(c2)N(C)C(=O)CO3)cc1OC. The number of fused-ring (bicyclic) bond motifs is 1. The number of ether oxygens (including phenoxy) is 3. The molecular weight excluding hydrogens is 324 g/mol. The van der Waals surface area contributed by atoms with Crippen molar-refractivity contribution in [2.75, 3.05) is 38.1 Å². The van der Waals surface area contributed by atoms with Gasteiger partial charge in [-0.25, -0.2) is 0 Å². The van der Waals surface area contributed by atoms with Crippen LogP contribution in [0.2, 0.25) is 0 Å². The minimum absolute atomic E-state index is 0.0147. The van der Waals surface area contributed by atoms with Crippen molar-refractivity contribution in [1.82, 2.24) is 0 Å². The third-order valence-electron chi connectivity index (χ3n) is 3.95. The maximum absolute atomic E-state index is 12.5. The molecule has 25 heavy (non-hydrogen) atoms. The van der Waals surface area contributed by atoms with Gasteiger partial charge in [0.2, 0.25) is 0 Å². The lowest BCUT2D eigenvalue weighted by Crippen LogP contribution is -2.35. The average Bonchev–Trinajstić information content (AvgIpc) is 2.64. The molecule has 0 radical (unpaired) electrons. The van der Waals surface area contributed by atoms with Crippen LogP contribution in [0.1, 0.15) is 10.4 Å². The van der Waals surface area contributed by atoms with E-state index in [9.17, 15) is 9.59 Å². The number of methoxy groups -OCH3 is 2. The number of amides is 2. The number of hydrogen-bond acceptors (Lipinski definition) is 5. The van der Waals surface area contributed by atoms with Gasteiger partial charge in [-0.1, -0.05) is 0 Å². The second kappa shape index (κ2) is 6.72. The van der Waals surface area contributed by atoms with Crippen molar-refractivity contribution in [2.45, 2.75) is 0 Å². The van der Waals surface area contributed by atoms with E-state index in [4.69, 9.17) is 14.2 Å². The summed E-state index contributed by atoms with van der Waals surface area (Å²) in [6, 6.07) is 10.1. The standard InChI is InChI=1S/C18H18N2O5/c1-20-13-9-12(5-7-14(13)25-10-17(20)21)19-18(22)11-4-6-15(23-2)16(8-11)24-3/h4-9H,10H2,1-3H3,(H,19,22). The fraction of sp³-hybridized carbons (Fsp3) is 0.222. The molecule has 130 valence electrons. The Labute approximate surface area is 145 Å². The molecule has 1 aliphatic rings. The predicted octanol–water partition coefficient (Wildman–Crippen LogP) is 2.31. The zero-order chi connectivity index (χ0) is 18.0. The van der Waals surface area contributed by atoms with Crippen LogP contribution in [0.15, 0.2) is 36.4 Å². The van der Waals surface area contributed by atoms with Gasteiger partial charge in [-0.05, 0) is 36.4 Å². The summed E-state index contributed by atoms with van der Waals surface area (Å²) in [5.74, 6) is 1.18. The number of carbonyl (C=O) groups excluding carboxylic acids is 2. The van der Waals surface area contributed by atoms with Crippen LogP contribution in [-0.4, -0.2) is 39.7 Å². The summed E-state index contributed by atoms with van der Waals surface area (Å²) in [5.41, 5.74) is 1.60. The van der Waals surface area contributed by atoms with E-state index in [0.29, 0.717) is 34.2 Å². The number of nitrogens with zero attached hydrogens (tertiary/aromatic N) is 1. The molecule has 0 bridgehead atoms. The van der Waals surface area contributed by atoms with Crippen molar-refractivity contribution in [1.29, 1.82) is 0 Å². The summed E-state index contributed by atoms with van der Waals surface area (Å²) >= 11 is 0. The van der Waals surface area contributed by atoms with Gasteiger partial charge in [0.15, 0.2) is 18.1 Å². The molecule has 7 nitrogen and oxygen atoms in total. The summed E-state index contributed by atoms with van der Waals surface area (Å²) in [5, 5.41) is 2.80. The summed E-state index contributed by atoms with van der Waals surface area (Å²) in [7, 11) is 4.71. The largest absolute Gasteiger partial charge is 0.493 e. The maximum Gasteiger partial charge on any atom is 0.264 e. The Balaban J connectivity index is 1.83. The Kier molecular flexibility index (Phi) is 4.47. The smallest absolute Gasteiger partial charge is 0.264 e. The molecule has 1 N–H and O–H groups in total. The summed E-state index contributed by atoms with van der Waals surface area (Å²) in [6.07, 6.45) is 0. The number of carbonyl (C=O) groups is 2. The molecular formula is C18H18N2O5. The first-order chi connectivity index (χ1) is 12.0. The highest BCUT2D eigenvalue weighted by molar-refractivity contribution is 6.05. The molecule has 7 heteroatoms. The number of likely N-dealkylation sites (N-methyl/N-ethyl adjacent to an activating group) is 1. The molecule has 2 amide bonds. The van der Waals surface area contributed by atoms with E-state index in [1.807, 2.05) is 0 Å². The van der Waals surface area contributed by atoms with E-state index >= 15 is 0 Å². The fourth-order valence-corrected chi connectivity index (χ4v) is 2.53. The van der Waals surface area contributed by atoms with Crippen LogP contribution in [-0.2, 0) is 4.79 Å². The van der Waals surface area contributed by atoms with Crippen molar-refractivity contribution in [3.8, 4) is 17.2 Å². The van der Waals surface area contributed by atoms with Gasteiger partial charge in [0.25, 0.3) is 11.8 Å². The van der Waals surface area contributed by atoms with Gasteiger partial charge in [0.05, 0.1) is 19.9 Å². The molecule has 0 aromatic heterocycles. The highest BCUT2D eigenvalue weighted by Crippen LogP contribution is 2.34. The highest BCUT2D eigenvalue weighted by atomic mass is 16.5. The topological polar surface area (TPSA) is 77.1 Å². The molecule has 0 unspecified atom stereocenters. The van der Waals surface area contributed by atoms with Gasteiger partial charge in [-0.15, -0.1) is 0 Å². The van der Waals surface area contributed by atoms with Gasteiger partial charge >= 0.3 is 0 Å². The Hall–Kier alpha value is -3.22. The monoisotopic (exact) mass is 342 g/mol. The van der Waals surface area contributed by atoms with E-state index < -0.39 is 0 Å². The van der Waals surface area contributed by atoms with Crippen LogP contribution < -0.4 is 24.4 Å². The van der Waals surface area contributed by atoms with Gasteiger partial charge < -0.3 is 24.4 Å². The highest BCUT2D eigenvalue weighted by Gasteiger charge is 2.22. The Morgan fingerprint density at radius 2 is 1.88 bits per heavy atom. The van der Waals surface area contributed by atoms with Crippen LogP contribution >= 0.6 is 0 Å². The third-order valence-corrected chi connectivity index (χ3v) is 3.95. The molecule has 0 atom stereocenters. The van der Waals surface area contributed by atoms with Crippen LogP contribution in [0, 0.1) is 0 Å². The minimum atomic E-state index is -0.299. The predicted molar refractivity (Wildman–Crippen MR) is 92.8 cm³/mol. The van der Waals surface area contributed by atoms with Crippen LogP contribution in [0.25, 0.3) is 0 Å². The molecule has 0 saturated carbocycles. The van der Waals surface area contributed by atoms with Crippen LogP contribution in [0.4, 0.5) is 11.4 Å². The van der Waals surface area contributed by atoms with Crippen LogP contribution in [0.3, 0.4) is 0 Å². The van der Waals surface area contributed by atoms with E-state index in [0.717, 1.165) is 0 Å². The molecule has 0 saturated heterocycles. The van der Waals surface area contributed by atoms with Crippen LogP contribution in [0.5, 0.6) is 17.2 Å². The summed E-state index contributed by atoms with van der Waals surface area (Å²) in [4.78, 5) is 25.7. The molecule has 1 heterocycles. The lowest BCUT2D eigenvalue weighted by atomic mass is 10.1. The van der Waals surface area contributed by atoms with Crippen molar-refractivity contribution in [3.63, 3.8) is 0 Å². The molecule has 2 aromatic carbocycles. The van der Waals surface area contributed by atoms with Crippen molar-refractivity contribution in [3.05, 3.63) is 42.0 Å². The van der Waals surface area contributed by atoms with E-state index in [1.165, 1.54) is 19.1 Å². The first-order valence-corrected chi connectivity index (χ1v) is 7.60. The van der Waals surface area contributed by atoms with Crippen molar-refractivity contribution < 1.29 is 23.8 Å². The zero-order valence-corrected chi connectivity index (χ0v) is 14.2. The first-order valence-electron chi connectivity index (χ1n) is 7.60. The number of nitrogens with one attached hydrogen (secondary N) is 1. The number of benzene rings is 2. The maximum atomic E-state index is 12.5. The molecule has 0 fully saturated rings. The average molecular weight is 342 g/mol. The van der Waals surface area contributed by atoms with E-state index in [2.05, 4.69) is 5.32 Å². The lowest BCUT2D eigenvalue weighted by molar-refractivity contribution is -0.120. The minimum Gasteiger partial charge on any atom is -0.493 e. The Morgan fingerprint density at radius 3 is 2.60 bits per heavy atom. The molecule has 0 spiro atoms. The normalized spacial score (nSPS) is 12.9. The number of hydrogen-bond donors (Lipinski definition) is 1. The second-order valence-electron chi connectivity index (χ2n) is 5.45. The summed E-state index contributed by atoms with van der Waals surface area (Å²) < 4.78 is 15.7. The summed E-state index contributed by atoms with van der Waals surface area (Å²) in [6.45, 7) is 0.0147. The third kappa shape index (κ3) is 3.21. The van der Waals surface area contributed by atoms with E-state index in [-0.39, 0.29) is 18.4 Å². The van der Waals surface area contributed by atoms with Gasteiger partial charge in [0.1, 0.15) is 5.75 Å². The number of rotatable bonds is 4. The second-order valence-corrected chi connectivity index (χ2v) is 5.45. The first kappa shape index (κ1) is 16.6. The van der Waals surface area contributed by atoms with Crippen molar-refractivity contribution in [2.24, 2.45) is 0 Å². The Bertz CT molecular complexity index is 834. The molecule has 1 aliphatic heterocycles. The zero-order valence-electron chi connectivity index (χ0n) is 14.2.